The third-order valence-electron chi connectivity index (χ3n) is 14.7. The van der Waals surface area contributed by atoms with E-state index >= 15 is 0 Å². The van der Waals surface area contributed by atoms with Crippen molar-refractivity contribution in [2.24, 2.45) is 0 Å². The minimum absolute atomic E-state index is 0.0375. The van der Waals surface area contributed by atoms with Gasteiger partial charge in [-0.25, -0.2) is 0 Å². The molecule has 1 fully saturated rings. The summed E-state index contributed by atoms with van der Waals surface area (Å²) in [6, 6.07) is 49.4. The number of fused-ring (bicyclic) bond motifs is 3. The summed E-state index contributed by atoms with van der Waals surface area (Å²) < 4.78 is 0. The van der Waals surface area contributed by atoms with Crippen LogP contribution in [-0.2, 0) is 10.8 Å². The lowest BCUT2D eigenvalue weighted by atomic mass is 9.33. The fourth-order valence-corrected chi connectivity index (χ4v) is 15.0. The Balaban J connectivity index is 1.27. The van der Waals surface area contributed by atoms with Gasteiger partial charge in [0.25, 0.3) is 6.71 Å². The third kappa shape index (κ3) is 4.23. The van der Waals surface area contributed by atoms with Gasteiger partial charge in [-0.2, -0.15) is 0 Å². The molecule has 1 saturated carbocycles. The number of hydrogen-bond donors (Lipinski definition) is 0. The minimum atomic E-state index is -2.06. The van der Waals surface area contributed by atoms with Gasteiger partial charge in [-0.1, -0.05) is 137 Å². The summed E-state index contributed by atoms with van der Waals surface area (Å²) in [6.07, 6.45) is 4.90. The molecule has 5 heteroatoms. The smallest absolute Gasteiger partial charge is 0.251 e. The van der Waals surface area contributed by atoms with Crippen LogP contribution in [0.1, 0.15) is 71.4 Å². The fraction of sp³-hybridized carbons (Fsp3) is 0.280. The second kappa shape index (κ2) is 11.1. The maximum atomic E-state index is 2.80. The van der Waals surface area contributed by atoms with E-state index in [-0.39, 0.29) is 23.1 Å². The number of benzene rings is 6. The lowest BCUT2D eigenvalue weighted by molar-refractivity contribution is 0.195. The normalized spacial score (nSPS) is 22.3. The summed E-state index contributed by atoms with van der Waals surface area (Å²) in [7, 11) is -2.06. The molecule has 0 bridgehead atoms. The molecule has 55 heavy (non-hydrogen) atoms. The first-order valence-corrected chi connectivity index (χ1v) is 23.5. The predicted octanol–water partition coefficient (Wildman–Crippen LogP) is 9.94. The molecular weight excluding hydrogens is 681 g/mol. The van der Waals surface area contributed by atoms with E-state index in [0.29, 0.717) is 0 Å². The molecule has 6 aromatic rings. The first-order valence-electron chi connectivity index (χ1n) is 20.5. The highest BCUT2D eigenvalue weighted by atomic mass is 28.3. The van der Waals surface area contributed by atoms with Crippen molar-refractivity contribution < 1.29 is 0 Å². The van der Waals surface area contributed by atoms with E-state index in [2.05, 4.69) is 190 Å². The van der Waals surface area contributed by atoms with Crippen LogP contribution in [0.5, 0.6) is 0 Å². The van der Waals surface area contributed by atoms with E-state index < -0.39 is 8.07 Å². The van der Waals surface area contributed by atoms with Crippen molar-refractivity contribution in [1.82, 2.24) is 0 Å². The topological polar surface area (TPSA) is 9.72 Å². The van der Waals surface area contributed by atoms with Gasteiger partial charge < -0.3 is 14.7 Å². The Morgan fingerprint density at radius 3 is 1.64 bits per heavy atom. The Labute approximate surface area is 328 Å². The standard InChI is InChI=1S/C50H50BN3Si/c1-48(2,3)33-26-27-38-37(30-33)49(4)28-14-15-29-50(49,5)54(38)36-31-41-45-42(32-36)53(35-20-12-9-13-21-35)40-23-17-25-44-47(40)51(45)46-39(22-16-24-43(46)55(44,6)7)52(41)34-18-10-8-11-19-34/h8-13,16-27,30-32H,14-15,28-29H2,1-7H3. The first-order chi connectivity index (χ1) is 26.4. The summed E-state index contributed by atoms with van der Waals surface area (Å²) in [5, 5.41) is 3.14. The molecule has 4 heterocycles. The van der Waals surface area contributed by atoms with E-state index in [9.17, 15) is 0 Å². The van der Waals surface area contributed by atoms with E-state index in [0.717, 1.165) is 0 Å². The summed E-state index contributed by atoms with van der Waals surface area (Å²) in [4.78, 5) is 8.03. The Kier molecular flexibility index (Phi) is 6.71. The lowest BCUT2D eigenvalue weighted by Gasteiger charge is -2.52. The van der Waals surface area contributed by atoms with Gasteiger partial charge in [0.2, 0.25) is 0 Å². The van der Waals surface area contributed by atoms with E-state index in [1.807, 2.05) is 0 Å². The van der Waals surface area contributed by atoms with Gasteiger partial charge in [-0.05, 0) is 107 Å². The third-order valence-corrected chi connectivity index (χ3v) is 18.3. The van der Waals surface area contributed by atoms with Gasteiger partial charge >= 0.3 is 0 Å². The average Bonchev–Trinajstić information content (AvgIpc) is 3.39. The summed E-state index contributed by atoms with van der Waals surface area (Å²) in [5.41, 5.74) is 17.9. The zero-order valence-corrected chi connectivity index (χ0v) is 34.4. The molecule has 0 aromatic heterocycles. The van der Waals surface area contributed by atoms with Crippen molar-refractivity contribution >= 4 is 87.0 Å². The molecule has 0 saturated heterocycles. The fourth-order valence-electron chi connectivity index (χ4n) is 11.7. The second-order valence-corrected chi connectivity index (χ2v) is 23.2. The molecule has 0 radical (unpaired) electrons. The van der Waals surface area contributed by atoms with Crippen molar-refractivity contribution in [2.45, 2.75) is 89.8 Å². The quantitative estimate of drug-likeness (QED) is 0.168. The molecule has 2 unspecified atom stereocenters. The zero-order chi connectivity index (χ0) is 37.6. The summed E-state index contributed by atoms with van der Waals surface area (Å²) in [5.74, 6) is 0. The van der Waals surface area contributed by atoms with Crippen LogP contribution in [0.2, 0.25) is 13.1 Å². The summed E-state index contributed by atoms with van der Waals surface area (Å²) >= 11 is 0. The Morgan fingerprint density at radius 2 is 1.09 bits per heavy atom. The maximum absolute atomic E-state index is 2.80. The van der Waals surface area contributed by atoms with Gasteiger partial charge in [-0.15, -0.1) is 0 Å². The number of anilines is 8. The van der Waals surface area contributed by atoms with Crippen molar-refractivity contribution in [2.75, 3.05) is 14.7 Å². The molecule has 5 aliphatic rings. The maximum Gasteiger partial charge on any atom is 0.251 e. The molecule has 0 spiro atoms. The van der Waals surface area contributed by atoms with Crippen molar-refractivity contribution in [3.8, 4) is 0 Å². The molecule has 11 rings (SSSR count). The highest BCUT2D eigenvalue weighted by molar-refractivity contribution is 7.16. The monoisotopic (exact) mass is 731 g/mol. The van der Waals surface area contributed by atoms with Crippen molar-refractivity contribution in [3.63, 3.8) is 0 Å². The van der Waals surface area contributed by atoms with Crippen molar-refractivity contribution in [1.29, 1.82) is 0 Å². The number of hydrogen-bond acceptors (Lipinski definition) is 3. The highest BCUT2D eigenvalue weighted by Crippen LogP contribution is 2.62. The van der Waals surface area contributed by atoms with Crippen LogP contribution in [0.15, 0.2) is 127 Å². The largest absolute Gasteiger partial charge is 0.334 e. The molecule has 3 nitrogen and oxygen atoms in total. The number of nitrogens with zero attached hydrogens (tertiary/aromatic N) is 3. The van der Waals surface area contributed by atoms with Gasteiger partial charge in [0.1, 0.15) is 8.07 Å². The lowest BCUT2D eigenvalue weighted by Crippen LogP contribution is -2.79. The van der Waals surface area contributed by atoms with Gasteiger partial charge in [0.05, 0.1) is 5.54 Å². The van der Waals surface area contributed by atoms with Crippen LogP contribution in [0, 0.1) is 0 Å². The number of para-hydroxylation sites is 2. The molecule has 2 atom stereocenters. The van der Waals surface area contributed by atoms with Gasteiger partial charge in [0.15, 0.2) is 0 Å². The Hall–Kier alpha value is -5.00. The first kappa shape index (κ1) is 33.3. The van der Waals surface area contributed by atoms with Crippen LogP contribution in [-0.4, -0.2) is 20.3 Å². The average molecular weight is 732 g/mol. The minimum Gasteiger partial charge on any atom is -0.334 e. The van der Waals surface area contributed by atoms with Crippen LogP contribution in [0.4, 0.5) is 45.5 Å². The van der Waals surface area contributed by atoms with Gasteiger partial charge in [-0.3, -0.25) is 0 Å². The molecule has 6 aromatic carbocycles. The molecule has 4 aliphatic heterocycles. The zero-order valence-electron chi connectivity index (χ0n) is 33.4. The van der Waals surface area contributed by atoms with Crippen molar-refractivity contribution in [3.05, 3.63) is 139 Å². The molecular formula is C50H50BN3Si. The second-order valence-electron chi connectivity index (χ2n) is 18.9. The van der Waals surface area contributed by atoms with E-state index in [4.69, 9.17) is 0 Å². The van der Waals surface area contributed by atoms with E-state index in [1.54, 1.807) is 10.4 Å². The summed E-state index contributed by atoms with van der Waals surface area (Å²) in [6.45, 7) is 17.5. The van der Waals surface area contributed by atoms with Crippen LogP contribution in [0.25, 0.3) is 0 Å². The Morgan fingerprint density at radius 1 is 0.545 bits per heavy atom. The Bertz CT molecular complexity index is 2450. The van der Waals surface area contributed by atoms with Gasteiger partial charge in [0, 0.05) is 50.9 Å². The molecule has 0 amide bonds. The predicted molar refractivity (Wildman–Crippen MR) is 239 cm³/mol. The van der Waals surface area contributed by atoms with Crippen LogP contribution < -0.4 is 41.5 Å². The van der Waals surface area contributed by atoms with E-state index in [1.165, 1.54) is 98.7 Å². The molecule has 272 valence electrons. The number of rotatable bonds is 3. The molecule has 0 N–H and O–H groups in total. The van der Waals surface area contributed by atoms with Crippen LogP contribution in [0.3, 0.4) is 0 Å². The highest BCUT2D eigenvalue weighted by Gasteiger charge is 2.59. The SMILES string of the molecule is CC(C)(C)c1ccc2c(c1)C1(C)CCCCC1(C)N2c1cc2c3c(c1)N(c1ccccc1)c1cccc4c1B3c1c(cccc1[Si]4(C)C)N2c1ccccc1. The van der Waals surface area contributed by atoms with Crippen LogP contribution >= 0.6 is 0 Å². The molecule has 1 aliphatic carbocycles.